The van der Waals surface area contributed by atoms with Gasteiger partial charge >= 0.3 is 0 Å². The van der Waals surface area contributed by atoms with Gasteiger partial charge < -0.3 is 5.32 Å². The van der Waals surface area contributed by atoms with Crippen LogP contribution in [-0.2, 0) is 0 Å². The molecule has 104 valence electrons. The summed E-state index contributed by atoms with van der Waals surface area (Å²) < 4.78 is 65.4. The summed E-state index contributed by atoms with van der Waals surface area (Å²) in [6.45, 7) is 0. The Balaban J connectivity index is 2.36. The summed E-state index contributed by atoms with van der Waals surface area (Å²) in [4.78, 5) is 14.6. The maximum atomic E-state index is 13.3. The summed E-state index contributed by atoms with van der Waals surface area (Å²) in [5, 5.41) is 1.70. The van der Waals surface area contributed by atoms with Gasteiger partial charge in [0.1, 0.15) is 11.5 Å². The van der Waals surface area contributed by atoms with Crippen molar-refractivity contribution in [3.8, 4) is 0 Å². The van der Waals surface area contributed by atoms with Crippen molar-refractivity contribution in [3.63, 3.8) is 0 Å². The molecule has 0 saturated heterocycles. The van der Waals surface area contributed by atoms with Gasteiger partial charge in [0.25, 0.3) is 5.91 Å². The van der Waals surface area contributed by atoms with E-state index in [-0.39, 0.29) is 0 Å². The van der Waals surface area contributed by atoms with Crippen LogP contribution in [0.25, 0.3) is 0 Å². The minimum absolute atomic E-state index is 0.335. The number of amides is 1. The van der Waals surface area contributed by atoms with Crippen molar-refractivity contribution in [1.29, 1.82) is 0 Å². The number of carbonyl (C=O) groups is 1. The minimum Gasteiger partial charge on any atom is -0.317 e. The maximum Gasteiger partial charge on any atom is 0.259 e. The number of benzene rings is 1. The van der Waals surface area contributed by atoms with Gasteiger partial charge in [0.05, 0.1) is 5.56 Å². The molecule has 1 aromatic heterocycles. The summed E-state index contributed by atoms with van der Waals surface area (Å²) >= 11 is 0. The molecule has 0 unspecified atom stereocenters. The quantitative estimate of drug-likeness (QED) is 0.681. The average Bonchev–Trinajstić information content (AvgIpc) is 2.36. The van der Waals surface area contributed by atoms with E-state index in [4.69, 9.17) is 0 Å². The van der Waals surface area contributed by atoms with Gasteiger partial charge in [0, 0.05) is 18.3 Å². The molecule has 2 rings (SSSR count). The van der Waals surface area contributed by atoms with E-state index in [0.29, 0.717) is 12.1 Å². The Hall–Kier alpha value is -2.51. The number of anilines is 1. The van der Waals surface area contributed by atoms with Gasteiger partial charge in [-0.1, -0.05) is 0 Å². The molecule has 0 bridgehead atoms. The van der Waals surface area contributed by atoms with E-state index in [2.05, 4.69) is 4.98 Å². The fourth-order valence-electron chi connectivity index (χ4n) is 1.44. The lowest BCUT2D eigenvalue weighted by Crippen LogP contribution is -2.17. The summed E-state index contributed by atoms with van der Waals surface area (Å²) in [5.74, 6) is -8.34. The molecule has 3 nitrogen and oxygen atoms in total. The second-order valence-electron chi connectivity index (χ2n) is 3.66. The third-order valence-corrected chi connectivity index (χ3v) is 2.34. The Morgan fingerprint density at radius 2 is 1.65 bits per heavy atom. The van der Waals surface area contributed by atoms with Crippen molar-refractivity contribution in [3.05, 3.63) is 59.2 Å². The predicted molar refractivity (Wildman–Crippen MR) is 58.4 cm³/mol. The van der Waals surface area contributed by atoms with Crippen LogP contribution in [0.5, 0.6) is 0 Å². The van der Waals surface area contributed by atoms with Crippen molar-refractivity contribution in [2.45, 2.75) is 0 Å². The van der Waals surface area contributed by atoms with Gasteiger partial charge in [-0.15, -0.1) is 0 Å². The second-order valence-corrected chi connectivity index (χ2v) is 3.66. The number of halogens is 5. The second kappa shape index (κ2) is 5.24. The van der Waals surface area contributed by atoms with E-state index in [9.17, 15) is 26.7 Å². The number of nitrogens with zero attached hydrogens (tertiary/aromatic N) is 1. The van der Waals surface area contributed by atoms with Crippen molar-refractivity contribution in [2.75, 3.05) is 5.32 Å². The zero-order chi connectivity index (χ0) is 14.9. The molecule has 0 radical (unpaired) electrons. The first-order valence-electron chi connectivity index (χ1n) is 5.16. The van der Waals surface area contributed by atoms with E-state index in [1.807, 2.05) is 0 Å². The average molecular weight is 288 g/mol. The number of carbonyl (C=O) groups excluding carboxylic acids is 1. The lowest BCUT2D eigenvalue weighted by atomic mass is 10.2. The fraction of sp³-hybridized carbons (Fsp3) is 0. The monoisotopic (exact) mass is 288 g/mol. The number of hydrogen-bond donors (Lipinski definition) is 1. The molecule has 2 aromatic rings. The molecular weight excluding hydrogens is 283 g/mol. The zero-order valence-corrected chi connectivity index (χ0v) is 9.55. The van der Waals surface area contributed by atoms with Gasteiger partial charge in [-0.2, -0.15) is 4.39 Å². The third-order valence-electron chi connectivity index (χ3n) is 2.34. The smallest absolute Gasteiger partial charge is 0.259 e. The molecule has 0 aliphatic heterocycles. The van der Waals surface area contributed by atoms with E-state index in [1.54, 1.807) is 5.32 Å². The van der Waals surface area contributed by atoms with Crippen molar-refractivity contribution < 1.29 is 26.7 Å². The lowest BCUT2D eigenvalue weighted by Gasteiger charge is -2.08. The molecular formula is C12H5F5N2O. The van der Waals surface area contributed by atoms with Crippen LogP contribution in [0.1, 0.15) is 10.4 Å². The van der Waals surface area contributed by atoms with Crippen LogP contribution in [0.3, 0.4) is 0 Å². The van der Waals surface area contributed by atoms with Crippen molar-refractivity contribution in [1.82, 2.24) is 4.98 Å². The summed E-state index contributed by atoms with van der Waals surface area (Å²) in [5.41, 5.74) is -1.76. The fourth-order valence-corrected chi connectivity index (χ4v) is 1.44. The molecule has 1 amide bonds. The van der Waals surface area contributed by atoms with Crippen LogP contribution < -0.4 is 5.32 Å². The molecule has 20 heavy (non-hydrogen) atoms. The molecule has 0 atom stereocenters. The molecule has 1 aromatic carbocycles. The molecule has 0 aliphatic rings. The zero-order valence-electron chi connectivity index (χ0n) is 9.55. The first-order chi connectivity index (χ1) is 9.40. The predicted octanol–water partition coefficient (Wildman–Crippen LogP) is 3.03. The SMILES string of the molecule is O=C(Nc1c(F)cc(F)cc1F)c1ccnc(F)c1F. The van der Waals surface area contributed by atoms with Gasteiger partial charge in [0.15, 0.2) is 17.5 Å². The highest BCUT2D eigenvalue weighted by Gasteiger charge is 2.19. The van der Waals surface area contributed by atoms with E-state index in [1.165, 1.54) is 0 Å². The highest BCUT2D eigenvalue weighted by Crippen LogP contribution is 2.21. The molecule has 0 fully saturated rings. The molecule has 1 N–H and O–H groups in total. The molecule has 1 heterocycles. The van der Waals surface area contributed by atoms with E-state index in [0.717, 1.165) is 12.3 Å². The molecule has 0 saturated carbocycles. The van der Waals surface area contributed by atoms with E-state index < -0.39 is 46.4 Å². The number of rotatable bonds is 2. The van der Waals surface area contributed by atoms with Crippen molar-refractivity contribution >= 4 is 11.6 Å². The highest BCUT2D eigenvalue weighted by atomic mass is 19.2. The minimum atomic E-state index is -1.56. The van der Waals surface area contributed by atoms with Crippen LogP contribution in [0, 0.1) is 29.2 Å². The van der Waals surface area contributed by atoms with E-state index >= 15 is 0 Å². The number of pyridine rings is 1. The first kappa shape index (κ1) is 13.9. The highest BCUT2D eigenvalue weighted by molar-refractivity contribution is 6.04. The Morgan fingerprint density at radius 1 is 1.05 bits per heavy atom. The van der Waals surface area contributed by atoms with Gasteiger partial charge in [-0.05, 0) is 6.07 Å². The number of hydrogen-bond acceptors (Lipinski definition) is 2. The number of aromatic nitrogens is 1. The number of nitrogens with one attached hydrogen (secondary N) is 1. The normalized spacial score (nSPS) is 10.4. The molecule has 0 spiro atoms. The Kier molecular flexibility index (Phi) is 3.64. The van der Waals surface area contributed by atoms with Gasteiger partial charge in [0.2, 0.25) is 5.95 Å². The summed E-state index contributed by atoms with van der Waals surface area (Å²) in [6, 6.07) is 1.50. The topological polar surface area (TPSA) is 42.0 Å². The Morgan fingerprint density at radius 3 is 2.25 bits per heavy atom. The molecule has 0 aliphatic carbocycles. The third kappa shape index (κ3) is 2.58. The van der Waals surface area contributed by atoms with Crippen LogP contribution in [0.4, 0.5) is 27.6 Å². The van der Waals surface area contributed by atoms with Crippen LogP contribution in [-0.4, -0.2) is 10.9 Å². The standard InChI is InChI=1S/C12H5F5N2O/c13-5-3-7(14)10(8(15)4-5)19-12(20)6-1-2-18-11(17)9(6)16/h1-4H,(H,19,20). The Bertz CT molecular complexity index is 667. The first-order valence-corrected chi connectivity index (χ1v) is 5.16. The van der Waals surface area contributed by atoms with Crippen LogP contribution in [0.2, 0.25) is 0 Å². The summed E-state index contributed by atoms with van der Waals surface area (Å²) in [7, 11) is 0. The lowest BCUT2D eigenvalue weighted by molar-refractivity contribution is 0.102. The maximum absolute atomic E-state index is 13.3. The van der Waals surface area contributed by atoms with Gasteiger partial charge in [-0.3, -0.25) is 4.79 Å². The van der Waals surface area contributed by atoms with Crippen molar-refractivity contribution in [2.24, 2.45) is 0 Å². The Labute approximate surface area is 109 Å². The largest absolute Gasteiger partial charge is 0.317 e. The van der Waals surface area contributed by atoms with Crippen LogP contribution >= 0.6 is 0 Å². The van der Waals surface area contributed by atoms with Gasteiger partial charge in [-0.25, -0.2) is 22.5 Å². The molecule has 8 heteroatoms. The van der Waals surface area contributed by atoms with Crippen LogP contribution in [0.15, 0.2) is 24.4 Å². The summed E-state index contributed by atoms with van der Waals surface area (Å²) in [6.07, 6.45) is 0.810.